The Morgan fingerprint density at radius 1 is 0.526 bits per heavy atom. The van der Waals surface area contributed by atoms with E-state index < -0.39 is 29.8 Å². The van der Waals surface area contributed by atoms with E-state index in [-0.39, 0.29) is 28.1 Å². The lowest BCUT2D eigenvalue weighted by atomic mass is 10.1. The first kappa shape index (κ1) is 28.8. The van der Waals surface area contributed by atoms with Crippen molar-refractivity contribution in [2.24, 2.45) is 11.5 Å². The second kappa shape index (κ2) is 13.6. The molecule has 0 aliphatic heterocycles. The van der Waals surface area contributed by atoms with Crippen LogP contribution in [0.5, 0.6) is 0 Å². The van der Waals surface area contributed by atoms with Crippen LogP contribution in [0, 0.1) is 0 Å². The molecule has 3 rings (SSSR count). The standard InChI is InChI=1S/C24H23N7O5.C2H6/c1-27-22(34)15-10-18(30-23(35)28-16-6-2-13(3-7-16)20(25)32)12-19(11-15)31-24(36)29-17-8-4-14(5-9-17)21(26)33;1-2/h2-12H,1H3,(H2,25,32)(H2,26,33)(H,27,34)(H2,28,30,35)(H2,29,31,36);1-2H3. The van der Waals surface area contributed by atoms with Gasteiger partial charge in [-0.1, -0.05) is 13.8 Å². The molecular weight excluding hydrogens is 490 g/mol. The molecule has 0 spiro atoms. The van der Waals surface area contributed by atoms with E-state index in [0.29, 0.717) is 11.4 Å². The SMILES string of the molecule is CC.CNC(=O)c1cc(NC(=O)Nc2ccc(C(N)=O)cc2)cc(NC(=O)Nc2ccc(C(N)=O)cc2)c1. The minimum atomic E-state index is -0.624. The van der Waals surface area contributed by atoms with E-state index in [4.69, 9.17) is 11.5 Å². The summed E-state index contributed by atoms with van der Waals surface area (Å²) in [5.74, 6) is -1.63. The molecule has 0 saturated carbocycles. The first-order valence-electron chi connectivity index (χ1n) is 11.5. The van der Waals surface area contributed by atoms with Crippen molar-refractivity contribution in [2.45, 2.75) is 13.8 Å². The van der Waals surface area contributed by atoms with Crippen molar-refractivity contribution in [1.29, 1.82) is 0 Å². The van der Waals surface area contributed by atoms with Crippen molar-refractivity contribution in [3.63, 3.8) is 0 Å². The molecular formula is C26H29N7O5. The highest BCUT2D eigenvalue weighted by Gasteiger charge is 2.12. The van der Waals surface area contributed by atoms with Crippen molar-refractivity contribution in [3.8, 4) is 0 Å². The molecule has 0 fully saturated rings. The highest BCUT2D eigenvalue weighted by atomic mass is 16.2. The summed E-state index contributed by atoms with van der Waals surface area (Å²) in [5.41, 5.74) is 12.4. The Morgan fingerprint density at radius 3 is 1.18 bits per heavy atom. The summed E-state index contributed by atoms with van der Waals surface area (Å²) in [6.45, 7) is 4.00. The third-order valence-corrected chi connectivity index (χ3v) is 4.79. The Kier molecular flexibility index (Phi) is 10.3. The topological polar surface area (TPSA) is 198 Å². The third kappa shape index (κ3) is 8.37. The maximum Gasteiger partial charge on any atom is 0.323 e. The van der Waals surface area contributed by atoms with Crippen molar-refractivity contribution in [3.05, 3.63) is 83.4 Å². The number of nitrogens with two attached hydrogens (primary N) is 2. The Labute approximate surface area is 219 Å². The zero-order valence-electron chi connectivity index (χ0n) is 21.0. The summed E-state index contributed by atoms with van der Waals surface area (Å²) >= 11 is 0. The van der Waals surface area contributed by atoms with Crippen molar-refractivity contribution in [2.75, 3.05) is 28.3 Å². The quantitative estimate of drug-likeness (QED) is 0.250. The second-order valence-corrected chi connectivity index (χ2v) is 7.42. The van der Waals surface area contributed by atoms with E-state index in [9.17, 15) is 24.0 Å². The fraction of sp³-hybridized carbons (Fsp3) is 0.115. The van der Waals surface area contributed by atoms with E-state index in [1.54, 1.807) is 0 Å². The van der Waals surface area contributed by atoms with Crippen molar-refractivity contribution >= 4 is 52.5 Å². The van der Waals surface area contributed by atoms with Gasteiger partial charge in [-0.15, -0.1) is 0 Å². The van der Waals surface area contributed by atoms with Gasteiger partial charge in [0.15, 0.2) is 0 Å². The summed E-state index contributed by atoms with van der Waals surface area (Å²) in [4.78, 5) is 59.5. The molecule has 0 bridgehead atoms. The zero-order chi connectivity index (χ0) is 28.2. The number of hydrogen-bond acceptors (Lipinski definition) is 5. The van der Waals surface area contributed by atoms with Crippen LogP contribution in [0.15, 0.2) is 66.7 Å². The molecule has 3 aromatic rings. The van der Waals surface area contributed by atoms with Gasteiger partial charge in [-0.25, -0.2) is 9.59 Å². The van der Waals surface area contributed by atoms with Gasteiger partial charge < -0.3 is 38.1 Å². The van der Waals surface area contributed by atoms with Crippen LogP contribution in [0.4, 0.5) is 32.3 Å². The predicted octanol–water partition coefficient (Wildman–Crippen LogP) is 3.56. The number of amides is 7. The van der Waals surface area contributed by atoms with Gasteiger partial charge in [-0.2, -0.15) is 0 Å². The molecule has 0 aliphatic rings. The summed E-state index contributed by atoms with van der Waals surface area (Å²) in [5, 5.41) is 12.8. The van der Waals surface area contributed by atoms with E-state index >= 15 is 0 Å². The van der Waals surface area contributed by atoms with Gasteiger partial charge in [0.25, 0.3) is 5.91 Å². The van der Waals surface area contributed by atoms with Crippen LogP contribution < -0.4 is 38.1 Å². The maximum atomic E-state index is 12.5. The number of carbonyl (C=O) groups excluding carboxylic acids is 5. The van der Waals surface area contributed by atoms with E-state index in [2.05, 4.69) is 26.6 Å². The average molecular weight is 520 g/mol. The minimum Gasteiger partial charge on any atom is -0.366 e. The fourth-order valence-corrected chi connectivity index (χ4v) is 3.07. The molecule has 0 atom stereocenters. The number of hydrogen-bond donors (Lipinski definition) is 7. The summed E-state index contributed by atoms with van der Waals surface area (Å²) in [6, 6.07) is 15.0. The lowest BCUT2D eigenvalue weighted by Gasteiger charge is -2.13. The molecule has 12 nitrogen and oxygen atoms in total. The number of anilines is 4. The molecule has 0 unspecified atom stereocenters. The maximum absolute atomic E-state index is 12.5. The zero-order valence-corrected chi connectivity index (χ0v) is 21.0. The predicted molar refractivity (Wildman–Crippen MR) is 146 cm³/mol. The highest BCUT2D eigenvalue weighted by molar-refractivity contribution is 6.05. The van der Waals surface area contributed by atoms with E-state index in [1.165, 1.54) is 73.8 Å². The van der Waals surface area contributed by atoms with Gasteiger partial charge in [0.2, 0.25) is 11.8 Å². The molecule has 0 heterocycles. The lowest BCUT2D eigenvalue weighted by Crippen LogP contribution is -2.23. The molecule has 0 saturated heterocycles. The largest absolute Gasteiger partial charge is 0.366 e. The number of nitrogens with one attached hydrogen (secondary N) is 5. The van der Waals surface area contributed by atoms with Crippen LogP contribution >= 0.6 is 0 Å². The molecule has 0 aliphatic carbocycles. The molecule has 38 heavy (non-hydrogen) atoms. The Balaban J connectivity index is 0.00000247. The van der Waals surface area contributed by atoms with Gasteiger partial charge in [-0.05, 0) is 66.7 Å². The van der Waals surface area contributed by atoms with Crippen LogP contribution in [-0.4, -0.2) is 36.8 Å². The van der Waals surface area contributed by atoms with Crippen molar-refractivity contribution < 1.29 is 24.0 Å². The lowest BCUT2D eigenvalue weighted by molar-refractivity contribution is 0.0960. The number of primary amides is 2. The van der Waals surface area contributed by atoms with Crippen LogP contribution in [0.3, 0.4) is 0 Å². The first-order valence-corrected chi connectivity index (χ1v) is 11.5. The van der Waals surface area contributed by atoms with Gasteiger partial charge in [0, 0.05) is 46.5 Å². The van der Waals surface area contributed by atoms with Gasteiger partial charge >= 0.3 is 12.1 Å². The minimum absolute atomic E-state index is 0.183. The Morgan fingerprint density at radius 2 is 0.868 bits per heavy atom. The van der Waals surface area contributed by atoms with E-state index in [0.717, 1.165) is 0 Å². The normalized spacial score (nSPS) is 9.66. The highest BCUT2D eigenvalue weighted by Crippen LogP contribution is 2.21. The second-order valence-electron chi connectivity index (χ2n) is 7.42. The first-order chi connectivity index (χ1) is 18.1. The van der Waals surface area contributed by atoms with Crippen molar-refractivity contribution in [1.82, 2.24) is 5.32 Å². The monoisotopic (exact) mass is 519 g/mol. The summed E-state index contributed by atoms with van der Waals surface area (Å²) < 4.78 is 0. The number of carbonyl (C=O) groups is 5. The van der Waals surface area contributed by atoms with Crippen LogP contribution in [0.1, 0.15) is 44.9 Å². The Bertz CT molecular complexity index is 1230. The van der Waals surface area contributed by atoms with Crippen LogP contribution in [0.25, 0.3) is 0 Å². The van der Waals surface area contributed by atoms with Crippen LogP contribution in [-0.2, 0) is 0 Å². The van der Waals surface area contributed by atoms with Gasteiger partial charge in [-0.3, -0.25) is 14.4 Å². The number of urea groups is 2. The van der Waals surface area contributed by atoms with Gasteiger partial charge in [0.1, 0.15) is 0 Å². The summed E-state index contributed by atoms with van der Waals surface area (Å²) in [6.07, 6.45) is 0. The number of rotatable bonds is 7. The third-order valence-electron chi connectivity index (χ3n) is 4.79. The molecule has 0 aromatic heterocycles. The fourth-order valence-electron chi connectivity index (χ4n) is 3.07. The van der Waals surface area contributed by atoms with Gasteiger partial charge in [0.05, 0.1) is 0 Å². The molecule has 3 aromatic carbocycles. The molecule has 7 amide bonds. The molecule has 198 valence electrons. The average Bonchev–Trinajstić information content (AvgIpc) is 2.89. The molecule has 9 N–H and O–H groups in total. The van der Waals surface area contributed by atoms with E-state index in [1.807, 2.05) is 13.8 Å². The molecule has 0 radical (unpaired) electrons. The smallest absolute Gasteiger partial charge is 0.323 e. The summed E-state index contributed by atoms with van der Waals surface area (Å²) in [7, 11) is 1.44. The number of benzene rings is 3. The van der Waals surface area contributed by atoms with Crippen LogP contribution in [0.2, 0.25) is 0 Å². The molecule has 12 heteroatoms. The Hall–Kier alpha value is -5.39.